The maximum Gasteiger partial charge on any atom is 0.357 e. The molecule has 9 nitrogen and oxygen atoms in total. The first-order chi connectivity index (χ1) is 17.4. The van der Waals surface area contributed by atoms with Gasteiger partial charge in [-0.2, -0.15) is 0 Å². The Bertz CT molecular complexity index is 922. The Balaban J connectivity index is 2.19. The number of esters is 1. The topological polar surface area (TPSA) is 112 Å². The molecule has 1 unspecified atom stereocenters. The van der Waals surface area contributed by atoms with E-state index in [4.69, 9.17) is 4.74 Å². The van der Waals surface area contributed by atoms with Crippen LogP contribution in [0.1, 0.15) is 95.2 Å². The number of carbonyl (C=O) groups is 3. The van der Waals surface area contributed by atoms with Gasteiger partial charge < -0.3 is 20.1 Å². The molecule has 0 radical (unpaired) electrons. The molecule has 0 bridgehead atoms. The second-order valence-electron chi connectivity index (χ2n) is 10.8. The van der Waals surface area contributed by atoms with Crippen molar-refractivity contribution in [3.63, 3.8) is 0 Å². The van der Waals surface area contributed by atoms with E-state index in [1.807, 2.05) is 41.7 Å². The lowest BCUT2D eigenvalue weighted by atomic mass is 9.86. The molecule has 1 saturated heterocycles. The number of hydrogen-bond donors (Lipinski definition) is 2. The number of hydrogen-bond acceptors (Lipinski definition) is 8. The minimum atomic E-state index is -0.942. The Kier molecular flexibility index (Phi) is 11.5. The summed E-state index contributed by atoms with van der Waals surface area (Å²) in [7, 11) is 3.70. The van der Waals surface area contributed by atoms with Gasteiger partial charge in [0.2, 0.25) is 11.8 Å². The lowest BCUT2D eigenvalue weighted by Crippen LogP contribution is -2.62. The summed E-state index contributed by atoms with van der Waals surface area (Å²) in [5, 5.41) is 16.0. The molecule has 0 aromatic carbocycles. The van der Waals surface area contributed by atoms with Gasteiger partial charge in [0.15, 0.2) is 5.69 Å². The predicted octanol–water partition coefficient (Wildman–Crippen LogP) is 3.63. The number of amides is 2. The van der Waals surface area contributed by atoms with Crippen LogP contribution in [-0.4, -0.2) is 82.5 Å². The van der Waals surface area contributed by atoms with Crippen molar-refractivity contribution < 1.29 is 24.2 Å². The van der Waals surface area contributed by atoms with E-state index in [1.165, 1.54) is 11.3 Å². The number of nitrogens with one attached hydrogen (secondary N) is 1. The molecule has 1 aliphatic rings. The zero-order valence-corrected chi connectivity index (χ0v) is 24.6. The normalized spacial score (nSPS) is 21.7. The van der Waals surface area contributed by atoms with E-state index < -0.39 is 23.7 Å². The van der Waals surface area contributed by atoms with Gasteiger partial charge in [-0.05, 0) is 58.5 Å². The fourth-order valence-electron chi connectivity index (χ4n) is 4.85. The van der Waals surface area contributed by atoms with E-state index in [-0.39, 0.29) is 48.4 Å². The van der Waals surface area contributed by atoms with Crippen LogP contribution in [0.4, 0.5) is 0 Å². The minimum Gasteiger partial charge on any atom is -0.461 e. The standard InChI is InChI=1S/C27H46N4O5S/c1-9-18(5)22(29-26(35)27(6)13-11-12-14-30(27)7)24(33)31(8)20(17(3)4)15-21(32)23-28-19(16-37-23)25(34)36-10-2/h16-18,20-22,32H,9-15H2,1-8H3,(H,29,35)/t18-,20?,21+,22-,27-/m0/s1. The van der Waals surface area contributed by atoms with Gasteiger partial charge in [0.25, 0.3) is 0 Å². The number of nitrogens with zero attached hydrogens (tertiary/aromatic N) is 3. The molecule has 2 N–H and O–H groups in total. The Morgan fingerprint density at radius 1 is 1.27 bits per heavy atom. The zero-order valence-electron chi connectivity index (χ0n) is 23.7. The first-order valence-corrected chi connectivity index (χ1v) is 14.3. The van der Waals surface area contributed by atoms with Gasteiger partial charge in [0, 0.05) is 24.9 Å². The van der Waals surface area contributed by atoms with Crippen LogP contribution in [0.5, 0.6) is 0 Å². The highest BCUT2D eigenvalue weighted by Crippen LogP contribution is 2.29. The second kappa shape index (κ2) is 13.7. The number of likely N-dealkylation sites (N-methyl/N-ethyl adjacent to an activating group) is 2. The van der Waals surface area contributed by atoms with E-state index in [0.29, 0.717) is 5.01 Å². The number of likely N-dealkylation sites (tertiary alicyclic amines) is 1. The molecule has 1 aromatic heterocycles. The summed E-state index contributed by atoms with van der Waals surface area (Å²) in [5.41, 5.74) is -0.468. The maximum atomic E-state index is 13.8. The molecule has 2 heterocycles. The highest BCUT2D eigenvalue weighted by atomic mass is 32.1. The Hall–Kier alpha value is -2.04. The molecule has 1 aromatic rings. The molecule has 2 rings (SSSR count). The highest BCUT2D eigenvalue weighted by Gasteiger charge is 2.42. The molecule has 5 atom stereocenters. The average Bonchev–Trinajstić information content (AvgIpc) is 3.36. The lowest BCUT2D eigenvalue weighted by Gasteiger charge is -2.43. The van der Waals surface area contributed by atoms with Gasteiger partial charge in [-0.25, -0.2) is 9.78 Å². The summed E-state index contributed by atoms with van der Waals surface area (Å²) in [6, 6.07) is -0.961. The summed E-state index contributed by atoms with van der Waals surface area (Å²) in [6.45, 7) is 12.8. The van der Waals surface area contributed by atoms with Crippen molar-refractivity contribution in [3.8, 4) is 0 Å². The Morgan fingerprint density at radius 2 is 1.95 bits per heavy atom. The number of aliphatic hydroxyl groups is 1. The Labute approximate surface area is 226 Å². The summed E-state index contributed by atoms with van der Waals surface area (Å²) in [5.74, 6) is -0.808. The SMILES string of the molecule is CCOC(=O)c1csc([C@H](O)CC(C(C)C)N(C)C(=O)[C@@H](NC(=O)[C@]2(C)CCCCN2C)[C@@H](C)CC)n1. The van der Waals surface area contributed by atoms with Crippen LogP contribution in [0.2, 0.25) is 0 Å². The highest BCUT2D eigenvalue weighted by molar-refractivity contribution is 7.09. The monoisotopic (exact) mass is 538 g/mol. The number of carbonyl (C=O) groups excluding carboxylic acids is 3. The number of rotatable bonds is 12. The van der Waals surface area contributed by atoms with E-state index >= 15 is 0 Å². The van der Waals surface area contributed by atoms with Crippen LogP contribution in [0.15, 0.2) is 5.38 Å². The van der Waals surface area contributed by atoms with Gasteiger partial charge >= 0.3 is 5.97 Å². The van der Waals surface area contributed by atoms with E-state index in [1.54, 1.807) is 24.3 Å². The number of thiazole rings is 1. The number of aliphatic hydroxyl groups excluding tert-OH is 1. The summed E-state index contributed by atoms with van der Waals surface area (Å²) < 4.78 is 4.99. The van der Waals surface area contributed by atoms with Crippen LogP contribution in [0, 0.1) is 11.8 Å². The minimum absolute atomic E-state index is 0.0448. The fourth-order valence-corrected chi connectivity index (χ4v) is 5.64. The van der Waals surface area contributed by atoms with Crippen molar-refractivity contribution in [3.05, 3.63) is 16.1 Å². The van der Waals surface area contributed by atoms with Gasteiger partial charge in [-0.3, -0.25) is 14.5 Å². The van der Waals surface area contributed by atoms with Crippen LogP contribution in [-0.2, 0) is 14.3 Å². The molecule has 1 aliphatic heterocycles. The van der Waals surface area contributed by atoms with E-state index in [2.05, 4.69) is 15.2 Å². The van der Waals surface area contributed by atoms with Crippen LogP contribution in [0.3, 0.4) is 0 Å². The molecule has 37 heavy (non-hydrogen) atoms. The molecular weight excluding hydrogens is 492 g/mol. The van der Waals surface area contributed by atoms with Crippen molar-refractivity contribution in [2.24, 2.45) is 11.8 Å². The predicted molar refractivity (Wildman–Crippen MR) is 145 cm³/mol. The molecule has 0 spiro atoms. The van der Waals surface area contributed by atoms with Crippen molar-refractivity contribution in [2.45, 2.75) is 97.4 Å². The second-order valence-corrected chi connectivity index (χ2v) is 11.7. The quantitative estimate of drug-likeness (QED) is 0.391. The Morgan fingerprint density at radius 3 is 2.51 bits per heavy atom. The zero-order chi connectivity index (χ0) is 27.9. The number of aromatic nitrogens is 1. The van der Waals surface area contributed by atoms with Crippen molar-refractivity contribution in [1.29, 1.82) is 0 Å². The third-order valence-electron chi connectivity index (χ3n) is 7.88. The molecule has 1 fully saturated rings. The largest absolute Gasteiger partial charge is 0.461 e. The van der Waals surface area contributed by atoms with E-state index in [0.717, 1.165) is 32.2 Å². The molecule has 10 heteroatoms. The van der Waals surface area contributed by atoms with Crippen molar-refractivity contribution in [1.82, 2.24) is 20.1 Å². The van der Waals surface area contributed by atoms with Crippen LogP contribution >= 0.6 is 11.3 Å². The average molecular weight is 539 g/mol. The summed E-state index contributed by atoms with van der Waals surface area (Å²) in [6.07, 6.45) is 2.86. The van der Waals surface area contributed by atoms with Gasteiger partial charge in [-0.15, -0.1) is 11.3 Å². The number of piperidine rings is 1. The first kappa shape index (κ1) is 31.2. The van der Waals surface area contributed by atoms with Gasteiger partial charge in [0.1, 0.15) is 17.2 Å². The lowest BCUT2D eigenvalue weighted by molar-refractivity contribution is -0.143. The van der Waals surface area contributed by atoms with Crippen molar-refractivity contribution >= 4 is 29.1 Å². The molecule has 2 amide bonds. The molecule has 0 saturated carbocycles. The third kappa shape index (κ3) is 7.51. The number of ether oxygens (including phenoxy) is 1. The van der Waals surface area contributed by atoms with E-state index in [9.17, 15) is 19.5 Å². The smallest absolute Gasteiger partial charge is 0.357 e. The van der Waals surface area contributed by atoms with Gasteiger partial charge in [-0.1, -0.05) is 34.1 Å². The van der Waals surface area contributed by atoms with Crippen LogP contribution < -0.4 is 5.32 Å². The fraction of sp³-hybridized carbons (Fsp3) is 0.778. The van der Waals surface area contributed by atoms with Crippen LogP contribution in [0.25, 0.3) is 0 Å². The third-order valence-corrected chi connectivity index (χ3v) is 8.82. The summed E-state index contributed by atoms with van der Waals surface area (Å²) in [4.78, 5) is 47.2. The maximum absolute atomic E-state index is 13.8. The molecule has 210 valence electrons. The molecule has 0 aliphatic carbocycles. The van der Waals surface area contributed by atoms with Crippen molar-refractivity contribution in [2.75, 3.05) is 27.2 Å². The summed E-state index contributed by atoms with van der Waals surface area (Å²) >= 11 is 1.20. The first-order valence-electron chi connectivity index (χ1n) is 13.5. The molecular formula is C27H46N4O5S. The van der Waals surface area contributed by atoms with Gasteiger partial charge in [0.05, 0.1) is 12.1 Å².